The number of aliphatic hydroxyl groups excluding tert-OH is 2. The second kappa shape index (κ2) is 38.5. The smallest absolute Gasteiger partial charge is 0.187 e. The largest absolute Gasteiger partial charge is 0.385 e. The zero-order chi connectivity index (χ0) is 70.2. The highest BCUT2D eigenvalue weighted by Crippen LogP contribution is 2.41. The van der Waals surface area contributed by atoms with Crippen LogP contribution in [0.25, 0.3) is 0 Å². The van der Waals surface area contributed by atoms with E-state index in [0.29, 0.717) is 0 Å². The molecular weight excluding hydrogens is 1300 g/mol. The highest BCUT2D eigenvalue weighted by atomic mass is 16.8. The maximum absolute atomic E-state index is 13.7. The van der Waals surface area contributed by atoms with E-state index >= 15 is 0 Å². The second-order valence-corrected chi connectivity index (χ2v) is 26.3. The average Bonchev–Trinajstić information content (AvgIpc) is 0.770. The molecule has 4 aliphatic heterocycles. The van der Waals surface area contributed by atoms with Gasteiger partial charge in [-0.05, 0) is 65.3 Å². The predicted molar refractivity (Wildman–Crippen MR) is 380 cm³/mol. The van der Waals surface area contributed by atoms with Crippen LogP contribution in [-0.2, 0) is 129 Å². The van der Waals surface area contributed by atoms with Gasteiger partial charge in [-0.1, -0.05) is 249 Å². The lowest BCUT2D eigenvalue weighted by Gasteiger charge is -2.51. The lowest BCUT2D eigenvalue weighted by Crippen LogP contribution is -2.67. The summed E-state index contributed by atoms with van der Waals surface area (Å²) in [5, 5.41) is 26.3. The lowest BCUT2D eigenvalue weighted by molar-refractivity contribution is -0.398. The van der Waals surface area contributed by atoms with E-state index < -0.39 is 123 Å². The number of hydrogen-bond acceptors (Lipinski definition) is 18. The fourth-order valence-electron chi connectivity index (χ4n) is 13.5. The zero-order valence-electron chi connectivity index (χ0n) is 58.1. The number of ether oxygens (including phenoxy) is 16. The molecule has 4 aliphatic rings. The standard InChI is InChI=1S/C84H96O18/c1-5-46-89-81-70(85)77(73(58(3)96-81)91-50-63-36-20-9-21-37-63)101-83-75(68(55-87-47-60-30-14-6-15-31-60)72(57(2)98-83)90-49-62-34-18-8-19-35-62)100-82-71(86)78(74(59(4)97-82)92-51-64-38-22-10-23-39-64)102-84-80(95-54-67-44-28-13-29-45-67)79(94-53-66-42-26-12-27-43-66)76(93-52-65-40-24-11-25-41-65)69(99-84)56-88-48-61-32-16-7-17-33-61/h5-45,57-59,68-86H,1,46-56H2,2-4H3/t57-,58-,59-,68+,69-,70+,71+,72-,73-,74-,75+,76-,77-,78-,79+,80+,81+,82-,83-,84-/m0/s1. The minimum absolute atomic E-state index is 0.0415. The van der Waals surface area contributed by atoms with Gasteiger partial charge >= 0.3 is 0 Å². The van der Waals surface area contributed by atoms with E-state index in [1.165, 1.54) is 0 Å². The van der Waals surface area contributed by atoms with Crippen molar-refractivity contribution in [3.8, 4) is 0 Å². The van der Waals surface area contributed by atoms with Gasteiger partial charge < -0.3 is 86.0 Å². The van der Waals surface area contributed by atoms with Crippen molar-refractivity contribution >= 4 is 0 Å². The minimum atomic E-state index is -1.66. The van der Waals surface area contributed by atoms with Gasteiger partial charge in [0.25, 0.3) is 0 Å². The maximum atomic E-state index is 13.7. The van der Waals surface area contributed by atoms with Crippen molar-refractivity contribution in [2.24, 2.45) is 5.92 Å². The third-order valence-electron chi connectivity index (χ3n) is 18.8. The van der Waals surface area contributed by atoms with E-state index in [1.807, 2.05) is 263 Å². The molecule has 18 heteroatoms. The summed E-state index contributed by atoms with van der Waals surface area (Å²) >= 11 is 0. The maximum Gasteiger partial charge on any atom is 0.187 e. The minimum Gasteiger partial charge on any atom is -0.385 e. The highest BCUT2D eigenvalue weighted by Gasteiger charge is 2.57. The van der Waals surface area contributed by atoms with Crippen molar-refractivity contribution in [3.63, 3.8) is 0 Å². The van der Waals surface area contributed by atoms with E-state index in [2.05, 4.69) is 6.58 Å². The normalized spacial score (nSPS) is 29.6. The number of rotatable bonds is 35. The van der Waals surface area contributed by atoms with Gasteiger partial charge in [0, 0.05) is 5.92 Å². The first-order valence-electron chi connectivity index (χ1n) is 35.5. The first-order valence-corrected chi connectivity index (χ1v) is 35.5. The molecule has 12 rings (SSSR count). The fourth-order valence-corrected chi connectivity index (χ4v) is 13.5. The van der Waals surface area contributed by atoms with Crippen LogP contribution >= 0.6 is 0 Å². The van der Waals surface area contributed by atoms with E-state index in [9.17, 15) is 10.2 Å². The zero-order valence-corrected chi connectivity index (χ0v) is 58.1. The molecule has 0 spiro atoms. The Hall–Kier alpha value is -7.22. The van der Waals surface area contributed by atoms with Gasteiger partial charge in [0.2, 0.25) is 0 Å². The van der Waals surface area contributed by atoms with Crippen LogP contribution in [0.4, 0.5) is 0 Å². The molecule has 0 radical (unpaired) electrons. The van der Waals surface area contributed by atoms with Gasteiger partial charge in [0.05, 0.1) is 97.1 Å². The molecule has 0 bridgehead atoms. The topological polar surface area (TPSA) is 188 Å². The molecule has 4 heterocycles. The van der Waals surface area contributed by atoms with E-state index in [4.69, 9.17) is 75.8 Å². The first kappa shape index (κ1) is 74.5. The molecule has 4 saturated heterocycles. The summed E-state index contributed by atoms with van der Waals surface area (Å²) in [6.07, 6.45) is -18.9. The molecule has 0 aromatic heterocycles. The van der Waals surface area contributed by atoms with Crippen LogP contribution in [0.2, 0.25) is 0 Å². The Morgan fingerprint density at radius 2 is 0.588 bits per heavy atom. The first-order chi connectivity index (χ1) is 50.1. The molecule has 8 aromatic carbocycles. The molecule has 8 aromatic rings. The van der Waals surface area contributed by atoms with Crippen molar-refractivity contribution in [2.75, 3.05) is 19.8 Å². The molecule has 0 aliphatic carbocycles. The van der Waals surface area contributed by atoms with Gasteiger partial charge in [-0.15, -0.1) is 6.58 Å². The molecule has 0 saturated carbocycles. The van der Waals surface area contributed by atoms with Crippen molar-refractivity contribution in [1.82, 2.24) is 0 Å². The van der Waals surface area contributed by atoms with Crippen LogP contribution in [0.3, 0.4) is 0 Å². The summed E-state index contributed by atoms with van der Waals surface area (Å²) in [5.74, 6) is -0.723. The second-order valence-electron chi connectivity index (χ2n) is 26.3. The number of aliphatic hydroxyl groups is 2. The lowest BCUT2D eigenvalue weighted by atomic mass is 9.88. The van der Waals surface area contributed by atoms with Crippen molar-refractivity contribution in [1.29, 1.82) is 0 Å². The molecule has 0 unspecified atom stereocenters. The summed E-state index contributed by atoms with van der Waals surface area (Å²) in [6, 6.07) is 78.9. The van der Waals surface area contributed by atoms with Gasteiger partial charge in [0.1, 0.15) is 67.1 Å². The van der Waals surface area contributed by atoms with Crippen LogP contribution in [0.1, 0.15) is 65.3 Å². The van der Waals surface area contributed by atoms with Crippen LogP contribution in [0, 0.1) is 5.92 Å². The summed E-state index contributed by atoms with van der Waals surface area (Å²) in [6.45, 7) is 11.1. The van der Waals surface area contributed by atoms with Gasteiger partial charge in [-0.25, -0.2) is 0 Å². The summed E-state index contributed by atoms with van der Waals surface area (Å²) < 4.78 is 112. The summed E-state index contributed by atoms with van der Waals surface area (Å²) in [4.78, 5) is 0. The predicted octanol–water partition coefficient (Wildman–Crippen LogP) is 12.6. The molecule has 540 valence electrons. The quantitative estimate of drug-likeness (QED) is 0.0357. The molecule has 0 amide bonds. The van der Waals surface area contributed by atoms with Crippen LogP contribution in [0.5, 0.6) is 0 Å². The van der Waals surface area contributed by atoms with Crippen LogP contribution in [-0.4, -0.2) is 147 Å². The van der Waals surface area contributed by atoms with Gasteiger partial charge in [-0.2, -0.15) is 0 Å². The van der Waals surface area contributed by atoms with Gasteiger partial charge in [0.15, 0.2) is 25.2 Å². The van der Waals surface area contributed by atoms with Crippen LogP contribution in [0.15, 0.2) is 255 Å². The molecule has 20 atom stereocenters. The Kier molecular flexibility index (Phi) is 28.1. The van der Waals surface area contributed by atoms with E-state index in [-0.39, 0.29) is 72.7 Å². The monoisotopic (exact) mass is 1390 g/mol. The highest BCUT2D eigenvalue weighted by molar-refractivity contribution is 5.20. The summed E-state index contributed by atoms with van der Waals surface area (Å²) in [7, 11) is 0. The van der Waals surface area contributed by atoms with E-state index in [1.54, 1.807) is 6.08 Å². The fraction of sp³-hybridized carbons (Fsp3) is 0.405. The molecule has 102 heavy (non-hydrogen) atoms. The number of hydrogen-bond donors (Lipinski definition) is 2. The molecule has 4 fully saturated rings. The number of benzene rings is 8. The third kappa shape index (κ3) is 20.6. The summed E-state index contributed by atoms with van der Waals surface area (Å²) in [5.41, 5.74) is 7.35. The van der Waals surface area contributed by atoms with Crippen molar-refractivity contribution in [3.05, 3.63) is 300 Å². The Labute approximate surface area is 599 Å². The Balaban J connectivity index is 0.934. The van der Waals surface area contributed by atoms with Crippen molar-refractivity contribution in [2.45, 2.75) is 190 Å². The average molecular weight is 1390 g/mol. The Bertz CT molecular complexity index is 3630. The Morgan fingerprint density at radius 1 is 0.294 bits per heavy atom. The van der Waals surface area contributed by atoms with E-state index in [0.717, 1.165) is 44.5 Å². The van der Waals surface area contributed by atoms with Crippen LogP contribution < -0.4 is 0 Å². The third-order valence-corrected chi connectivity index (χ3v) is 18.8. The Morgan fingerprint density at radius 3 is 0.990 bits per heavy atom. The van der Waals surface area contributed by atoms with Crippen molar-refractivity contribution < 1.29 is 86.0 Å². The molecular formula is C84H96O18. The molecule has 2 N–H and O–H groups in total. The SMILES string of the molecule is C=CCO[C@@H]1O[C@@H](C)[C@H](OCc2ccccc2)[C@@H](O[C@@H]2O[C@@H](C)[C@H](OCc3ccccc3)[C@@H](COCc3ccccc3)[C@H]2O[C@@H]2O[C@@H](C)[C@H](OCc3ccccc3)[C@@H](O[C@@H]3O[C@@H](COCc4ccccc4)[C@H](OCc4ccccc4)[C@@H](OCc4ccccc4)[C@H]3OCc3ccccc3)[C@H]2O)[C@H]1O. The molecule has 18 nitrogen and oxygen atoms in total. The van der Waals surface area contributed by atoms with Gasteiger partial charge in [-0.3, -0.25) is 0 Å².